The standard InChI is InChI=1S/C14H24O3/c1-12(2)7-9-14(17,10-8-12)13(11(15)16)5-3-4-6-13/h17H,3-10H2,1-2H3,(H,15,16). The highest BCUT2D eigenvalue weighted by Crippen LogP contribution is 2.55. The summed E-state index contributed by atoms with van der Waals surface area (Å²) >= 11 is 0. The molecule has 3 heteroatoms. The molecule has 0 aromatic heterocycles. The fourth-order valence-corrected chi connectivity index (χ4v) is 3.68. The Morgan fingerprint density at radius 1 is 0.941 bits per heavy atom. The zero-order valence-corrected chi connectivity index (χ0v) is 11.0. The Kier molecular flexibility index (Phi) is 3.01. The summed E-state index contributed by atoms with van der Waals surface area (Å²) in [5, 5.41) is 20.4. The Hall–Kier alpha value is -0.570. The van der Waals surface area contributed by atoms with Crippen LogP contribution in [-0.4, -0.2) is 21.8 Å². The molecular weight excluding hydrogens is 216 g/mol. The second kappa shape index (κ2) is 3.98. The van der Waals surface area contributed by atoms with Crippen LogP contribution in [0.3, 0.4) is 0 Å². The Bertz CT molecular complexity index is 303. The third-order valence-electron chi connectivity index (χ3n) is 5.19. The van der Waals surface area contributed by atoms with Crippen LogP contribution < -0.4 is 0 Å². The Labute approximate surface area is 103 Å². The van der Waals surface area contributed by atoms with Crippen LogP contribution in [0.1, 0.15) is 65.2 Å². The van der Waals surface area contributed by atoms with Crippen LogP contribution in [0.2, 0.25) is 0 Å². The van der Waals surface area contributed by atoms with Crippen molar-refractivity contribution in [2.75, 3.05) is 0 Å². The second-order valence-corrected chi connectivity index (χ2v) is 6.79. The summed E-state index contributed by atoms with van der Waals surface area (Å²) in [5.74, 6) is -0.780. The van der Waals surface area contributed by atoms with Crippen molar-refractivity contribution < 1.29 is 15.0 Å². The lowest BCUT2D eigenvalue weighted by atomic mass is 9.59. The van der Waals surface area contributed by atoms with Gasteiger partial charge in [-0.2, -0.15) is 0 Å². The molecule has 2 fully saturated rings. The highest BCUT2D eigenvalue weighted by Gasteiger charge is 2.58. The number of aliphatic carboxylic acids is 1. The summed E-state index contributed by atoms with van der Waals surface area (Å²) in [6.07, 6.45) is 6.34. The maximum atomic E-state index is 11.6. The van der Waals surface area contributed by atoms with Gasteiger partial charge >= 0.3 is 5.97 Å². The quantitative estimate of drug-likeness (QED) is 0.780. The minimum atomic E-state index is -0.967. The first-order chi connectivity index (χ1) is 7.81. The Morgan fingerprint density at radius 3 is 1.82 bits per heavy atom. The average molecular weight is 240 g/mol. The van der Waals surface area contributed by atoms with E-state index in [1.54, 1.807) is 0 Å². The van der Waals surface area contributed by atoms with E-state index in [1.807, 2.05) is 0 Å². The van der Waals surface area contributed by atoms with E-state index in [0.717, 1.165) is 25.7 Å². The number of hydrogen-bond acceptors (Lipinski definition) is 2. The van der Waals surface area contributed by atoms with Crippen molar-refractivity contribution in [1.82, 2.24) is 0 Å². The van der Waals surface area contributed by atoms with E-state index >= 15 is 0 Å². The zero-order valence-electron chi connectivity index (χ0n) is 11.0. The summed E-state index contributed by atoms with van der Waals surface area (Å²) in [6.45, 7) is 4.41. The van der Waals surface area contributed by atoms with Gasteiger partial charge < -0.3 is 10.2 Å². The van der Waals surface area contributed by atoms with Crippen molar-refractivity contribution >= 4 is 5.97 Å². The Morgan fingerprint density at radius 2 is 1.41 bits per heavy atom. The summed E-state index contributed by atoms with van der Waals surface area (Å²) < 4.78 is 0. The average Bonchev–Trinajstić information content (AvgIpc) is 2.73. The molecule has 2 rings (SSSR count). The van der Waals surface area contributed by atoms with Crippen LogP contribution in [0.4, 0.5) is 0 Å². The third-order valence-corrected chi connectivity index (χ3v) is 5.19. The lowest BCUT2D eigenvalue weighted by Crippen LogP contribution is -2.54. The van der Waals surface area contributed by atoms with Crippen molar-refractivity contribution in [1.29, 1.82) is 0 Å². The van der Waals surface area contributed by atoms with Crippen molar-refractivity contribution in [2.45, 2.75) is 70.8 Å². The highest BCUT2D eigenvalue weighted by molar-refractivity contribution is 5.76. The van der Waals surface area contributed by atoms with Crippen LogP contribution in [0.25, 0.3) is 0 Å². The normalized spacial score (nSPS) is 30.1. The van der Waals surface area contributed by atoms with Gasteiger partial charge in [0.1, 0.15) is 0 Å². The summed E-state index contributed by atoms with van der Waals surface area (Å²) in [4.78, 5) is 11.6. The fourth-order valence-electron chi connectivity index (χ4n) is 3.68. The van der Waals surface area contributed by atoms with E-state index in [4.69, 9.17) is 0 Å². The molecule has 0 bridgehead atoms. The van der Waals surface area contributed by atoms with E-state index < -0.39 is 17.0 Å². The smallest absolute Gasteiger partial charge is 0.312 e. The lowest BCUT2D eigenvalue weighted by molar-refractivity contribution is -0.177. The maximum Gasteiger partial charge on any atom is 0.312 e. The van der Waals surface area contributed by atoms with Crippen LogP contribution in [0.5, 0.6) is 0 Å². The van der Waals surface area contributed by atoms with Gasteiger partial charge in [-0.1, -0.05) is 26.7 Å². The van der Waals surface area contributed by atoms with E-state index in [-0.39, 0.29) is 5.41 Å². The number of carboxylic acids is 1. The topological polar surface area (TPSA) is 57.5 Å². The minimum Gasteiger partial charge on any atom is -0.481 e. The molecule has 2 N–H and O–H groups in total. The Balaban J connectivity index is 2.22. The molecule has 0 amide bonds. The molecule has 0 unspecified atom stereocenters. The number of aliphatic hydroxyl groups is 1. The molecule has 98 valence electrons. The van der Waals surface area contributed by atoms with Crippen molar-refractivity contribution in [3.05, 3.63) is 0 Å². The zero-order chi connectivity index (χ0) is 12.7. The largest absolute Gasteiger partial charge is 0.481 e. The maximum absolute atomic E-state index is 11.6. The molecule has 0 atom stereocenters. The van der Waals surface area contributed by atoms with Gasteiger partial charge in [-0.15, -0.1) is 0 Å². The van der Waals surface area contributed by atoms with Gasteiger partial charge in [0.05, 0.1) is 11.0 Å². The molecule has 0 saturated heterocycles. The molecule has 0 aromatic rings. The first-order valence-corrected chi connectivity index (χ1v) is 6.77. The highest BCUT2D eigenvalue weighted by atomic mass is 16.4. The minimum absolute atomic E-state index is 0.254. The van der Waals surface area contributed by atoms with Gasteiger partial charge in [0.15, 0.2) is 0 Å². The summed E-state index contributed by atoms with van der Waals surface area (Å²) in [7, 11) is 0. The van der Waals surface area contributed by atoms with Crippen LogP contribution in [0.15, 0.2) is 0 Å². The number of carbonyl (C=O) groups is 1. The second-order valence-electron chi connectivity index (χ2n) is 6.79. The molecule has 0 spiro atoms. The molecule has 0 aromatic carbocycles. The van der Waals surface area contributed by atoms with Crippen molar-refractivity contribution in [3.63, 3.8) is 0 Å². The van der Waals surface area contributed by atoms with Gasteiger partial charge in [-0.05, 0) is 43.9 Å². The summed E-state index contributed by atoms with van der Waals surface area (Å²) in [6, 6.07) is 0. The molecule has 0 radical (unpaired) electrons. The van der Waals surface area contributed by atoms with E-state index in [9.17, 15) is 15.0 Å². The molecule has 17 heavy (non-hydrogen) atoms. The predicted octanol–water partition coefficient (Wildman–Crippen LogP) is 2.96. The molecule has 0 aliphatic heterocycles. The van der Waals surface area contributed by atoms with Crippen LogP contribution in [-0.2, 0) is 4.79 Å². The van der Waals surface area contributed by atoms with Gasteiger partial charge in [-0.25, -0.2) is 0 Å². The van der Waals surface area contributed by atoms with Crippen LogP contribution >= 0.6 is 0 Å². The molecular formula is C14H24O3. The monoisotopic (exact) mass is 240 g/mol. The van der Waals surface area contributed by atoms with Crippen LogP contribution in [0, 0.1) is 10.8 Å². The first kappa shape index (κ1) is 12.9. The molecule has 3 nitrogen and oxygen atoms in total. The van der Waals surface area contributed by atoms with Gasteiger partial charge in [0.25, 0.3) is 0 Å². The van der Waals surface area contributed by atoms with Gasteiger partial charge in [-0.3, -0.25) is 4.79 Å². The SMILES string of the molecule is CC1(C)CCC(O)(C2(C(=O)O)CCCC2)CC1. The molecule has 2 saturated carbocycles. The number of hydrogen-bond donors (Lipinski definition) is 2. The molecule has 2 aliphatic rings. The van der Waals surface area contributed by atoms with Crippen molar-refractivity contribution in [2.24, 2.45) is 10.8 Å². The van der Waals surface area contributed by atoms with Gasteiger partial charge in [0, 0.05) is 0 Å². The van der Waals surface area contributed by atoms with Crippen molar-refractivity contribution in [3.8, 4) is 0 Å². The molecule has 0 heterocycles. The first-order valence-electron chi connectivity index (χ1n) is 6.77. The predicted molar refractivity (Wildman–Crippen MR) is 65.7 cm³/mol. The summed E-state index contributed by atoms with van der Waals surface area (Å²) in [5.41, 5.74) is -1.57. The van der Waals surface area contributed by atoms with E-state index in [1.165, 1.54) is 0 Å². The lowest BCUT2D eigenvalue weighted by Gasteiger charge is -2.48. The third kappa shape index (κ3) is 1.99. The number of carboxylic acid groups (broad SMARTS) is 1. The molecule has 2 aliphatic carbocycles. The van der Waals surface area contributed by atoms with E-state index in [2.05, 4.69) is 13.8 Å². The van der Waals surface area contributed by atoms with Gasteiger partial charge in [0.2, 0.25) is 0 Å². The van der Waals surface area contributed by atoms with E-state index in [0.29, 0.717) is 25.7 Å². The number of rotatable bonds is 2. The fraction of sp³-hybridized carbons (Fsp3) is 0.929.